The maximum Gasteiger partial charge on any atom is 0.157 e. The molecule has 0 radical (unpaired) electrons. The molecular formula is C18H18N6O. The summed E-state index contributed by atoms with van der Waals surface area (Å²) < 4.78 is 9.00. The SMILES string of the molecule is COc1ccccc1-n1cc(CNc2cc(C)nc3ccnn23)cn1. The largest absolute Gasteiger partial charge is 0.494 e. The van der Waals surface area contributed by atoms with E-state index in [1.54, 1.807) is 17.8 Å². The zero-order chi connectivity index (χ0) is 17.2. The first kappa shape index (κ1) is 15.2. The minimum atomic E-state index is 0.633. The van der Waals surface area contributed by atoms with Gasteiger partial charge in [-0.2, -0.15) is 14.7 Å². The van der Waals surface area contributed by atoms with E-state index in [2.05, 4.69) is 20.5 Å². The summed E-state index contributed by atoms with van der Waals surface area (Å²) in [6, 6.07) is 11.7. The molecule has 3 heterocycles. The molecule has 0 aliphatic heterocycles. The molecule has 0 amide bonds. The minimum Gasteiger partial charge on any atom is -0.494 e. The highest BCUT2D eigenvalue weighted by atomic mass is 16.5. The van der Waals surface area contributed by atoms with Gasteiger partial charge in [0.2, 0.25) is 0 Å². The van der Waals surface area contributed by atoms with E-state index in [4.69, 9.17) is 4.74 Å². The zero-order valence-corrected chi connectivity index (χ0v) is 14.0. The van der Waals surface area contributed by atoms with Crippen molar-refractivity contribution in [2.45, 2.75) is 13.5 Å². The molecule has 0 spiro atoms. The predicted molar refractivity (Wildman–Crippen MR) is 95.2 cm³/mol. The average Bonchev–Trinajstić information content (AvgIpc) is 3.28. The fourth-order valence-corrected chi connectivity index (χ4v) is 2.76. The van der Waals surface area contributed by atoms with Crippen molar-refractivity contribution in [1.29, 1.82) is 0 Å². The van der Waals surface area contributed by atoms with Gasteiger partial charge in [-0.1, -0.05) is 12.1 Å². The van der Waals surface area contributed by atoms with Crippen molar-refractivity contribution in [2.24, 2.45) is 0 Å². The Kier molecular flexibility index (Phi) is 3.81. The molecule has 0 saturated carbocycles. The highest BCUT2D eigenvalue weighted by Crippen LogP contribution is 2.22. The van der Waals surface area contributed by atoms with Crippen molar-refractivity contribution >= 4 is 11.5 Å². The van der Waals surface area contributed by atoms with E-state index in [0.29, 0.717) is 6.54 Å². The Balaban J connectivity index is 1.56. The molecule has 7 heteroatoms. The van der Waals surface area contributed by atoms with Crippen LogP contribution in [0.15, 0.2) is 55.0 Å². The third-order valence-corrected chi connectivity index (χ3v) is 3.93. The van der Waals surface area contributed by atoms with Crippen molar-refractivity contribution in [3.8, 4) is 11.4 Å². The summed E-state index contributed by atoms with van der Waals surface area (Å²) in [5.74, 6) is 1.69. The summed E-state index contributed by atoms with van der Waals surface area (Å²) in [4.78, 5) is 4.44. The molecule has 0 aliphatic rings. The number of methoxy groups -OCH3 is 1. The molecule has 4 aromatic rings. The lowest BCUT2D eigenvalue weighted by molar-refractivity contribution is 0.411. The van der Waals surface area contributed by atoms with Crippen molar-refractivity contribution in [2.75, 3.05) is 12.4 Å². The molecule has 0 atom stereocenters. The lowest BCUT2D eigenvalue weighted by Gasteiger charge is -2.08. The molecule has 126 valence electrons. The van der Waals surface area contributed by atoms with Crippen LogP contribution in [0.4, 0.5) is 5.82 Å². The van der Waals surface area contributed by atoms with Gasteiger partial charge < -0.3 is 10.1 Å². The van der Waals surface area contributed by atoms with E-state index in [0.717, 1.165) is 34.2 Å². The molecule has 0 bridgehead atoms. The highest BCUT2D eigenvalue weighted by molar-refractivity contribution is 5.49. The highest BCUT2D eigenvalue weighted by Gasteiger charge is 2.08. The van der Waals surface area contributed by atoms with Gasteiger partial charge in [0.25, 0.3) is 0 Å². The molecule has 1 N–H and O–H groups in total. The number of rotatable bonds is 5. The Hall–Kier alpha value is -3.35. The van der Waals surface area contributed by atoms with E-state index in [-0.39, 0.29) is 0 Å². The molecule has 25 heavy (non-hydrogen) atoms. The van der Waals surface area contributed by atoms with Gasteiger partial charge in [-0.05, 0) is 19.1 Å². The second kappa shape index (κ2) is 6.27. The summed E-state index contributed by atoms with van der Waals surface area (Å²) in [5, 5.41) is 12.1. The van der Waals surface area contributed by atoms with E-state index in [9.17, 15) is 0 Å². The number of ether oxygens (including phenoxy) is 1. The van der Waals surface area contributed by atoms with Crippen LogP contribution in [0.3, 0.4) is 0 Å². The van der Waals surface area contributed by atoms with Gasteiger partial charge in [0, 0.05) is 36.1 Å². The van der Waals surface area contributed by atoms with E-state index in [1.165, 1.54) is 0 Å². The molecule has 4 rings (SSSR count). The van der Waals surface area contributed by atoms with E-state index in [1.807, 2.05) is 60.4 Å². The van der Waals surface area contributed by atoms with Crippen LogP contribution in [-0.2, 0) is 6.54 Å². The molecule has 7 nitrogen and oxygen atoms in total. The zero-order valence-electron chi connectivity index (χ0n) is 14.0. The predicted octanol–water partition coefficient (Wildman–Crippen LogP) is 2.84. The number of para-hydroxylation sites is 2. The number of nitrogens with one attached hydrogen (secondary N) is 1. The minimum absolute atomic E-state index is 0.633. The first-order chi connectivity index (χ1) is 12.2. The van der Waals surface area contributed by atoms with Crippen LogP contribution >= 0.6 is 0 Å². The maximum atomic E-state index is 5.40. The average molecular weight is 334 g/mol. The number of aromatic nitrogens is 5. The van der Waals surface area contributed by atoms with Gasteiger partial charge in [0.1, 0.15) is 17.3 Å². The molecule has 0 aliphatic carbocycles. The molecule has 1 aromatic carbocycles. The second-order valence-electron chi connectivity index (χ2n) is 5.70. The fourth-order valence-electron chi connectivity index (χ4n) is 2.76. The number of hydrogen-bond acceptors (Lipinski definition) is 5. The van der Waals surface area contributed by atoms with Crippen molar-refractivity contribution in [3.05, 3.63) is 66.2 Å². The molecule has 0 fully saturated rings. The van der Waals surface area contributed by atoms with E-state index >= 15 is 0 Å². The molecule has 0 unspecified atom stereocenters. The Bertz CT molecular complexity index is 1020. The monoisotopic (exact) mass is 334 g/mol. The summed E-state index contributed by atoms with van der Waals surface area (Å²) in [6.45, 7) is 2.60. The lowest BCUT2D eigenvalue weighted by atomic mass is 10.3. The number of nitrogens with zero attached hydrogens (tertiary/aromatic N) is 5. The van der Waals surface area contributed by atoms with Gasteiger partial charge in [-0.25, -0.2) is 9.67 Å². The standard InChI is InChI=1S/C18H18N6O/c1-13-9-18(24-17(22-13)7-8-20-24)19-10-14-11-21-23(12-14)15-5-3-4-6-16(15)25-2/h3-9,11-12,19H,10H2,1-2H3. The fraction of sp³-hybridized carbons (Fsp3) is 0.167. The number of benzene rings is 1. The van der Waals surface area contributed by atoms with Gasteiger partial charge in [0.05, 0.1) is 19.5 Å². The first-order valence-electron chi connectivity index (χ1n) is 7.97. The van der Waals surface area contributed by atoms with Crippen LogP contribution in [0.1, 0.15) is 11.3 Å². The van der Waals surface area contributed by atoms with Crippen molar-refractivity contribution < 1.29 is 4.74 Å². The maximum absolute atomic E-state index is 5.40. The van der Waals surface area contributed by atoms with Crippen LogP contribution in [0.5, 0.6) is 5.75 Å². The lowest BCUT2D eigenvalue weighted by Crippen LogP contribution is -2.06. The van der Waals surface area contributed by atoms with Gasteiger partial charge in [-0.3, -0.25) is 0 Å². The summed E-state index contributed by atoms with van der Waals surface area (Å²) >= 11 is 0. The van der Waals surface area contributed by atoms with Crippen LogP contribution in [0, 0.1) is 6.92 Å². The Labute approximate surface area is 144 Å². The Morgan fingerprint density at radius 3 is 2.92 bits per heavy atom. The topological polar surface area (TPSA) is 69.3 Å². The number of fused-ring (bicyclic) bond motifs is 1. The van der Waals surface area contributed by atoms with Crippen LogP contribution in [0.25, 0.3) is 11.3 Å². The van der Waals surface area contributed by atoms with E-state index < -0.39 is 0 Å². The number of aryl methyl sites for hydroxylation is 1. The first-order valence-corrected chi connectivity index (χ1v) is 7.97. The summed E-state index contributed by atoms with van der Waals surface area (Å²) in [5.41, 5.74) is 3.73. The number of hydrogen-bond donors (Lipinski definition) is 1. The van der Waals surface area contributed by atoms with Crippen LogP contribution in [0.2, 0.25) is 0 Å². The number of anilines is 1. The third-order valence-electron chi connectivity index (χ3n) is 3.93. The Morgan fingerprint density at radius 2 is 2.04 bits per heavy atom. The Morgan fingerprint density at radius 1 is 1.16 bits per heavy atom. The van der Waals surface area contributed by atoms with Crippen LogP contribution in [-0.4, -0.2) is 31.5 Å². The van der Waals surface area contributed by atoms with Crippen molar-refractivity contribution in [3.63, 3.8) is 0 Å². The quantitative estimate of drug-likeness (QED) is 0.608. The summed E-state index contributed by atoms with van der Waals surface area (Å²) in [6.07, 6.45) is 5.57. The van der Waals surface area contributed by atoms with Gasteiger partial charge >= 0.3 is 0 Å². The van der Waals surface area contributed by atoms with Crippen LogP contribution < -0.4 is 10.1 Å². The second-order valence-corrected chi connectivity index (χ2v) is 5.70. The smallest absolute Gasteiger partial charge is 0.157 e. The third kappa shape index (κ3) is 2.91. The molecular weight excluding hydrogens is 316 g/mol. The van der Waals surface area contributed by atoms with Crippen molar-refractivity contribution in [1.82, 2.24) is 24.4 Å². The molecule has 0 saturated heterocycles. The summed E-state index contributed by atoms with van der Waals surface area (Å²) in [7, 11) is 1.66. The normalized spacial score (nSPS) is 11.0. The molecule has 3 aromatic heterocycles. The van der Waals surface area contributed by atoms with Gasteiger partial charge in [-0.15, -0.1) is 0 Å². The van der Waals surface area contributed by atoms with Gasteiger partial charge in [0.15, 0.2) is 5.65 Å².